The summed E-state index contributed by atoms with van der Waals surface area (Å²) in [4.78, 5) is 1.27. The predicted molar refractivity (Wildman–Crippen MR) is 95.5 cm³/mol. The van der Waals surface area contributed by atoms with Crippen molar-refractivity contribution in [2.24, 2.45) is 0 Å². The molecule has 1 N–H and O–H groups in total. The van der Waals surface area contributed by atoms with Gasteiger partial charge in [0.25, 0.3) is 0 Å². The number of thiophene rings is 1. The van der Waals surface area contributed by atoms with Crippen LogP contribution in [0, 0.1) is 0 Å². The molecule has 3 nitrogen and oxygen atoms in total. The maximum Gasteiger partial charge on any atom is 0.0854 e. The highest BCUT2D eigenvalue weighted by Crippen LogP contribution is 2.39. The fourth-order valence-corrected chi connectivity index (χ4v) is 4.78. The molecular formula is C13H16Br3N3S. The molecule has 0 fully saturated rings. The van der Waals surface area contributed by atoms with Crippen LogP contribution in [0.5, 0.6) is 0 Å². The van der Waals surface area contributed by atoms with Gasteiger partial charge in [-0.3, -0.25) is 4.68 Å². The van der Waals surface area contributed by atoms with Crippen LogP contribution in [0.25, 0.3) is 0 Å². The van der Waals surface area contributed by atoms with Gasteiger partial charge in [0, 0.05) is 15.9 Å². The van der Waals surface area contributed by atoms with E-state index in [4.69, 9.17) is 0 Å². The summed E-state index contributed by atoms with van der Waals surface area (Å²) in [6.07, 6.45) is 2.95. The van der Waals surface area contributed by atoms with Crippen LogP contribution in [0.1, 0.15) is 36.9 Å². The Labute approximate surface area is 148 Å². The van der Waals surface area contributed by atoms with E-state index in [2.05, 4.69) is 82.8 Å². The number of rotatable bonds is 6. The van der Waals surface area contributed by atoms with E-state index < -0.39 is 0 Å². The summed E-state index contributed by atoms with van der Waals surface area (Å²) in [5.74, 6) is 0. The highest BCUT2D eigenvalue weighted by Gasteiger charge is 2.23. The Balaban J connectivity index is 2.45. The third-order valence-corrected chi connectivity index (χ3v) is 6.83. The van der Waals surface area contributed by atoms with E-state index in [1.807, 2.05) is 6.20 Å². The fraction of sp³-hybridized carbons (Fsp3) is 0.462. The molecule has 0 amide bonds. The van der Waals surface area contributed by atoms with Crippen molar-refractivity contribution >= 4 is 59.1 Å². The van der Waals surface area contributed by atoms with E-state index >= 15 is 0 Å². The zero-order valence-corrected chi connectivity index (χ0v) is 16.9. The molecule has 0 aliphatic carbocycles. The second kappa shape index (κ2) is 7.54. The van der Waals surface area contributed by atoms with Gasteiger partial charge < -0.3 is 5.32 Å². The first-order valence-corrected chi connectivity index (χ1v) is 9.67. The molecular weight excluding hydrogens is 470 g/mol. The van der Waals surface area contributed by atoms with Crippen LogP contribution >= 0.6 is 59.1 Å². The van der Waals surface area contributed by atoms with Gasteiger partial charge in [0.15, 0.2) is 0 Å². The van der Waals surface area contributed by atoms with Crippen molar-refractivity contribution < 1.29 is 0 Å². The van der Waals surface area contributed by atoms with Gasteiger partial charge in [-0.15, -0.1) is 11.3 Å². The van der Waals surface area contributed by atoms with Crippen molar-refractivity contribution in [1.29, 1.82) is 0 Å². The van der Waals surface area contributed by atoms with Crippen molar-refractivity contribution in [3.63, 3.8) is 0 Å². The Hall–Kier alpha value is 0.310. The first-order valence-electron chi connectivity index (χ1n) is 6.47. The topological polar surface area (TPSA) is 29.9 Å². The van der Waals surface area contributed by atoms with Gasteiger partial charge in [-0.05, 0) is 66.8 Å². The van der Waals surface area contributed by atoms with Crippen LogP contribution in [0.4, 0.5) is 0 Å². The molecule has 2 aromatic heterocycles. The van der Waals surface area contributed by atoms with Gasteiger partial charge in [0.05, 0.1) is 26.2 Å². The van der Waals surface area contributed by atoms with E-state index in [9.17, 15) is 0 Å². The molecule has 0 saturated carbocycles. The molecule has 1 atom stereocenters. The number of aryl methyl sites for hydroxylation is 1. The van der Waals surface area contributed by atoms with E-state index in [0.29, 0.717) is 0 Å². The predicted octanol–water partition coefficient (Wildman–Crippen LogP) is 5.34. The highest BCUT2D eigenvalue weighted by molar-refractivity contribution is 9.13. The number of hydrogen-bond acceptors (Lipinski definition) is 3. The summed E-state index contributed by atoms with van der Waals surface area (Å²) >= 11 is 12.5. The Morgan fingerprint density at radius 1 is 1.30 bits per heavy atom. The van der Waals surface area contributed by atoms with Crippen LogP contribution in [-0.2, 0) is 6.54 Å². The zero-order chi connectivity index (χ0) is 14.7. The number of nitrogens with zero attached hydrogens (tertiary/aromatic N) is 2. The van der Waals surface area contributed by atoms with E-state index in [0.717, 1.165) is 32.2 Å². The molecule has 0 aliphatic heterocycles. The number of hydrogen-bond donors (Lipinski definition) is 1. The molecule has 0 aliphatic rings. The number of aromatic nitrogens is 2. The number of halogens is 3. The molecule has 0 saturated heterocycles. The van der Waals surface area contributed by atoms with Gasteiger partial charge in [0.1, 0.15) is 0 Å². The molecule has 2 heterocycles. The summed E-state index contributed by atoms with van der Waals surface area (Å²) in [5.41, 5.74) is 1.19. The van der Waals surface area contributed by atoms with Crippen LogP contribution in [0.3, 0.4) is 0 Å². The Kier molecular flexibility index (Phi) is 6.28. The minimum atomic E-state index is 0.149. The SMILES string of the molecule is CCCn1ncc(Br)c1C(NCC)c1cc(Br)c(Br)s1. The lowest BCUT2D eigenvalue weighted by Crippen LogP contribution is -2.24. The fourth-order valence-electron chi connectivity index (χ4n) is 2.09. The Morgan fingerprint density at radius 3 is 2.60 bits per heavy atom. The molecule has 0 bridgehead atoms. The molecule has 110 valence electrons. The largest absolute Gasteiger partial charge is 0.305 e. The van der Waals surface area contributed by atoms with Crippen molar-refractivity contribution in [2.45, 2.75) is 32.9 Å². The van der Waals surface area contributed by atoms with Gasteiger partial charge in [0.2, 0.25) is 0 Å². The second-order valence-corrected chi connectivity index (χ2v) is 8.47. The first-order chi connectivity index (χ1) is 9.58. The molecule has 1 unspecified atom stereocenters. The third-order valence-electron chi connectivity index (χ3n) is 2.90. The molecule has 2 rings (SSSR count). The summed E-state index contributed by atoms with van der Waals surface area (Å²) in [6.45, 7) is 6.12. The lowest BCUT2D eigenvalue weighted by atomic mass is 10.1. The summed E-state index contributed by atoms with van der Waals surface area (Å²) in [7, 11) is 0. The summed E-state index contributed by atoms with van der Waals surface area (Å²) < 4.78 is 5.35. The van der Waals surface area contributed by atoms with E-state index in [1.54, 1.807) is 11.3 Å². The maximum absolute atomic E-state index is 4.47. The van der Waals surface area contributed by atoms with Crippen molar-refractivity contribution in [2.75, 3.05) is 6.54 Å². The monoisotopic (exact) mass is 483 g/mol. The average molecular weight is 486 g/mol. The molecule has 0 aromatic carbocycles. The van der Waals surface area contributed by atoms with Crippen LogP contribution < -0.4 is 5.32 Å². The van der Waals surface area contributed by atoms with E-state index in [1.165, 1.54) is 10.6 Å². The van der Waals surface area contributed by atoms with Gasteiger partial charge >= 0.3 is 0 Å². The molecule has 0 spiro atoms. The van der Waals surface area contributed by atoms with Crippen LogP contribution in [0.2, 0.25) is 0 Å². The molecule has 0 radical (unpaired) electrons. The quantitative estimate of drug-likeness (QED) is 0.598. The summed E-state index contributed by atoms with van der Waals surface area (Å²) in [5, 5.41) is 8.03. The molecule has 7 heteroatoms. The van der Waals surface area contributed by atoms with Crippen LogP contribution in [0.15, 0.2) is 25.0 Å². The highest BCUT2D eigenvalue weighted by atomic mass is 79.9. The average Bonchev–Trinajstić information content (AvgIpc) is 2.92. The third kappa shape index (κ3) is 3.55. The van der Waals surface area contributed by atoms with Crippen molar-refractivity contribution in [3.05, 3.63) is 35.6 Å². The standard InChI is InChI=1S/C13H16Br3N3S/c1-3-5-19-12(9(15)7-18-19)11(17-4-2)10-6-8(14)13(16)20-10/h6-7,11,17H,3-5H2,1-2H3. The normalized spacial score (nSPS) is 12.8. The minimum Gasteiger partial charge on any atom is -0.305 e. The first kappa shape index (κ1) is 16.7. The summed E-state index contributed by atoms with van der Waals surface area (Å²) in [6, 6.07) is 2.31. The lowest BCUT2D eigenvalue weighted by molar-refractivity contribution is 0.522. The van der Waals surface area contributed by atoms with Gasteiger partial charge in [-0.25, -0.2) is 0 Å². The Morgan fingerprint density at radius 2 is 2.05 bits per heavy atom. The lowest BCUT2D eigenvalue weighted by Gasteiger charge is -2.19. The number of nitrogens with one attached hydrogen (secondary N) is 1. The van der Waals surface area contributed by atoms with Gasteiger partial charge in [-0.2, -0.15) is 5.10 Å². The second-order valence-electron chi connectivity index (χ2n) is 4.36. The minimum absolute atomic E-state index is 0.149. The van der Waals surface area contributed by atoms with E-state index in [-0.39, 0.29) is 6.04 Å². The molecule has 2 aromatic rings. The Bertz CT molecular complexity index is 560. The van der Waals surface area contributed by atoms with Gasteiger partial charge in [-0.1, -0.05) is 13.8 Å². The smallest absolute Gasteiger partial charge is 0.0854 e. The van der Waals surface area contributed by atoms with Crippen molar-refractivity contribution in [1.82, 2.24) is 15.1 Å². The van der Waals surface area contributed by atoms with Crippen LogP contribution in [-0.4, -0.2) is 16.3 Å². The zero-order valence-electron chi connectivity index (χ0n) is 11.3. The van der Waals surface area contributed by atoms with Crippen molar-refractivity contribution in [3.8, 4) is 0 Å². The maximum atomic E-state index is 4.47. The molecule has 20 heavy (non-hydrogen) atoms.